The highest BCUT2D eigenvalue weighted by Gasteiger charge is 2.42. The summed E-state index contributed by atoms with van der Waals surface area (Å²) in [5.41, 5.74) is 3.31. The second-order valence-electron chi connectivity index (χ2n) is 4.04. The van der Waals surface area contributed by atoms with E-state index >= 15 is 0 Å². The van der Waals surface area contributed by atoms with Crippen molar-refractivity contribution < 1.29 is 13.3 Å². The van der Waals surface area contributed by atoms with Crippen LogP contribution >= 0.6 is 0 Å². The Morgan fingerprint density at radius 3 is 2.00 bits per heavy atom. The molecule has 0 aromatic carbocycles. The van der Waals surface area contributed by atoms with Crippen LogP contribution in [0.25, 0.3) is 0 Å². The second-order valence-corrected chi connectivity index (χ2v) is 10.6. The molecule has 16 heavy (non-hydrogen) atoms. The standard InChI is InChI=1S/C11H24O3Si2/c1-7-15(12,8-2)14-16(9-3,10-4)13-11(5)6/h7,9,11-12H,1,3,8,10H2,2,4-6H3. The van der Waals surface area contributed by atoms with Crippen molar-refractivity contribution in [2.24, 2.45) is 0 Å². The SMILES string of the molecule is C=C[Si](O)(CC)O[Si](C=C)(CC)OC(C)C. The van der Waals surface area contributed by atoms with Gasteiger partial charge in [0.2, 0.25) is 0 Å². The maximum atomic E-state index is 10.2. The molecule has 0 spiro atoms. The monoisotopic (exact) mass is 260 g/mol. The third-order valence-corrected chi connectivity index (χ3v) is 9.34. The van der Waals surface area contributed by atoms with E-state index in [4.69, 9.17) is 8.54 Å². The zero-order valence-corrected chi connectivity index (χ0v) is 12.8. The molecule has 0 heterocycles. The minimum absolute atomic E-state index is 0.0736. The van der Waals surface area contributed by atoms with Crippen LogP contribution in [-0.2, 0) is 8.54 Å². The lowest BCUT2D eigenvalue weighted by molar-refractivity contribution is 0.177. The third-order valence-electron chi connectivity index (χ3n) is 2.41. The van der Waals surface area contributed by atoms with Crippen molar-refractivity contribution in [3.05, 3.63) is 24.6 Å². The molecule has 0 saturated carbocycles. The summed E-state index contributed by atoms with van der Waals surface area (Å²) in [4.78, 5) is 10.2. The summed E-state index contributed by atoms with van der Waals surface area (Å²) in [7, 11) is -5.29. The van der Waals surface area contributed by atoms with E-state index in [2.05, 4.69) is 13.2 Å². The molecule has 1 N–H and O–H groups in total. The summed E-state index contributed by atoms with van der Waals surface area (Å²) in [6.07, 6.45) is 0.0736. The quantitative estimate of drug-likeness (QED) is 0.682. The lowest BCUT2D eigenvalue weighted by Gasteiger charge is -2.34. The molecular formula is C11H24O3Si2. The molecule has 0 aromatic rings. The molecule has 0 aliphatic rings. The molecule has 0 aliphatic carbocycles. The number of hydrogen-bond donors (Lipinski definition) is 1. The van der Waals surface area contributed by atoms with Gasteiger partial charge in [-0.1, -0.05) is 25.2 Å². The van der Waals surface area contributed by atoms with Crippen LogP contribution in [0.4, 0.5) is 0 Å². The second kappa shape index (κ2) is 6.51. The van der Waals surface area contributed by atoms with Gasteiger partial charge in [0.05, 0.1) is 0 Å². The summed E-state index contributed by atoms with van der Waals surface area (Å²) in [5, 5.41) is 0. The highest BCUT2D eigenvalue weighted by Crippen LogP contribution is 2.23. The Labute approximate surface area is 101 Å². The normalized spacial score (nSPS) is 18.9. The van der Waals surface area contributed by atoms with E-state index in [1.165, 1.54) is 0 Å². The van der Waals surface area contributed by atoms with Gasteiger partial charge in [0, 0.05) is 6.10 Å². The molecule has 0 aliphatic heterocycles. The fourth-order valence-electron chi connectivity index (χ4n) is 1.37. The Balaban J connectivity index is 4.91. The van der Waals surface area contributed by atoms with Gasteiger partial charge in [0.15, 0.2) is 0 Å². The van der Waals surface area contributed by atoms with E-state index in [-0.39, 0.29) is 6.10 Å². The van der Waals surface area contributed by atoms with Gasteiger partial charge < -0.3 is 13.3 Å². The first kappa shape index (κ1) is 15.8. The van der Waals surface area contributed by atoms with Crippen LogP contribution in [0.2, 0.25) is 12.1 Å². The van der Waals surface area contributed by atoms with Crippen LogP contribution in [0, 0.1) is 0 Å². The fourth-order valence-corrected chi connectivity index (χ4v) is 7.42. The van der Waals surface area contributed by atoms with Crippen molar-refractivity contribution in [3.63, 3.8) is 0 Å². The van der Waals surface area contributed by atoms with Crippen molar-refractivity contribution in [2.75, 3.05) is 0 Å². The average molecular weight is 260 g/mol. The summed E-state index contributed by atoms with van der Waals surface area (Å²) < 4.78 is 11.8. The Morgan fingerprint density at radius 2 is 1.75 bits per heavy atom. The number of rotatable bonds is 8. The molecule has 0 radical (unpaired) electrons. The molecule has 2 atom stereocenters. The highest BCUT2D eigenvalue weighted by molar-refractivity contribution is 6.85. The van der Waals surface area contributed by atoms with Gasteiger partial charge in [-0.05, 0) is 25.9 Å². The molecule has 3 nitrogen and oxygen atoms in total. The van der Waals surface area contributed by atoms with Crippen molar-refractivity contribution in [1.29, 1.82) is 0 Å². The molecule has 0 amide bonds. The van der Waals surface area contributed by atoms with E-state index in [1.54, 1.807) is 11.4 Å². The fraction of sp³-hybridized carbons (Fsp3) is 0.636. The van der Waals surface area contributed by atoms with Gasteiger partial charge in [0.25, 0.3) is 0 Å². The summed E-state index contributed by atoms with van der Waals surface area (Å²) in [6, 6.07) is 1.33. The van der Waals surface area contributed by atoms with E-state index in [9.17, 15) is 4.80 Å². The van der Waals surface area contributed by atoms with Crippen LogP contribution in [-0.4, -0.2) is 28.0 Å². The lowest BCUT2D eigenvalue weighted by atomic mass is 10.5. The predicted octanol–water partition coefficient (Wildman–Crippen LogP) is 2.79. The smallest absolute Gasteiger partial charge is 0.355 e. The predicted molar refractivity (Wildman–Crippen MR) is 72.4 cm³/mol. The van der Waals surface area contributed by atoms with E-state index in [0.717, 1.165) is 6.04 Å². The van der Waals surface area contributed by atoms with Crippen LogP contribution < -0.4 is 0 Å². The van der Waals surface area contributed by atoms with E-state index < -0.39 is 17.1 Å². The van der Waals surface area contributed by atoms with Crippen molar-refractivity contribution in [2.45, 2.75) is 45.9 Å². The lowest BCUT2D eigenvalue weighted by Crippen LogP contribution is -2.52. The maximum Gasteiger partial charge on any atom is 0.355 e. The molecule has 2 unspecified atom stereocenters. The molecule has 0 saturated heterocycles. The zero-order valence-electron chi connectivity index (χ0n) is 10.8. The van der Waals surface area contributed by atoms with Gasteiger partial charge in [-0.3, -0.25) is 0 Å². The minimum Gasteiger partial charge on any atom is -0.408 e. The van der Waals surface area contributed by atoms with Crippen LogP contribution in [0.3, 0.4) is 0 Å². The van der Waals surface area contributed by atoms with Crippen molar-refractivity contribution in [3.8, 4) is 0 Å². The molecule has 0 fully saturated rings. The van der Waals surface area contributed by atoms with Gasteiger partial charge in [0.1, 0.15) is 0 Å². The van der Waals surface area contributed by atoms with Crippen LogP contribution in [0.15, 0.2) is 24.6 Å². The molecule has 5 heteroatoms. The van der Waals surface area contributed by atoms with Gasteiger partial charge in [-0.25, -0.2) is 0 Å². The van der Waals surface area contributed by atoms with Crippen molar-refractivity contribution >= 4 is 17.1 Å². The topological polar surface area (TPSA) is 38.7 Å². The first-order valence-electron chi connectivity index (χ1n) is 5.74. The van der Waals surface area contributed by atoms with Gasteiger partial charge >= 0.3 is 17.1 Å². The molecular weight excluding hydrogens is 236 g/mol. The van der Waals surface area contributed by atoms with Crippen LogP contribution in [0.1, 0.15) is 27.7 Å². The van der Waals surface area contributed by atoms with Crippen LogP contribution in [0.5, 0.6) is 0 Å². The Hall–Kier alpha value is -0.206. The highest BCUT2D eigenvalue weighted by atomic mass is 28.5. The minimum atomic E-state index is -2.81. The third kappa shape index (κ3) is 4.35. The Kier molecular flexibility index (Phi) is 6.43. The number of hydrogen-bond acceptors (Lipinski definition) is 3. The molecule has 0 bridgehead atoms. The van der Waals surface area contributed by atoms with Gasteiger partial charge in [-0.2, -0.15) is 0 Å². The molecule has 0 rings (SSSR count). The van der Waals surface area contributed by atoms with Gasteiger partial charge in [-0.15, -0.1) is 13.2 Å². The molecule has 0 aromatic heterocycles. The first-order chi connectivity index (χ1) is 7.37. The van der Waals surface area contributed by atoms with E-state index in [0.29, 0.717) is 6.04 Å². The summed E-state index contributed by atoms with van der Waals surface area (Å²) in [5.74, 6) is 0. The Bertz CT molecular complexity index is 245. The average Bonchev–Trinajstić information content (AvgIpc) is 2.27. The summed E-state index contributed by atoms with van der Waals surface area (Å²) >= 11 is 0. The van der Waals surface area contributed by atoms with Crippen molar-refractivity contribution in [1.82, 2.24) is 0 Å². The maximum absolute atomic E-state index is 10.2. The Morgan fingerprint density at radius 1 is 1.19 bits per heavy atom. The zero-order chi connectivity index (χ0) is 12.8. The largest absolute Gasteiger partial charge is 0.408 e. The van der Waals surface area contributed by atoms with E-state index in [1.807, 2.05) is 27.7 Å². The molecule has 94 valence electrons. The summed E-state index contributed by atoms with van der Waals surface area (Å²) in [6.45, 7) is 15.3. The first-order valence-corrected chi connectivity index (χ1v) is 9.98.